The van der Waals surface area contributed by atoms with Crippen LogP contribution in [0.15, 0.2) is 0 Å². The number of hydrogen-bond donors (Lipinski definition) is 2. The Labute approximate surface area is 60.4 Å². The average molecular weight is 171 g/mol. The molecule has 0 spiro atoms. The molecule has 0 saturated carbocycles. The van der Waals surface area contributed by atoms with Crippen LogP contribution in [-0.2, 0) is 4.52 Å². The van der Waals surface area contributed by atoms with Crippen LogP contribution in [-0.4, -0.2) is 25.2 Å². The van der Waals surface area contributed by atoms with Crippen molar-refractivity contribution in [2.24, 2.45) is 5.50 Å². The number of hydrogen-bond acceptors (Lipinski definition) is 3. The second-order valence-electron chi connectivity index (χ2n) is 2.10. The molecule has 1 fully saturated rings. The van der Waals surface area contributed by atoms with Gasteiger partial charge < -0.3 is 0 Å². The van der Waals surface area contributed by atoms with E-state index >= 15 is 0 Å². The zero-order valence-corrected chi connectivity index (χ0v) is 6.95. The van der Waals surface area contributed by atoms with E-state index in [2.05, 4.69) is 5.09 Å². The predicted molar refractivity (Wildman–Crippen MR) is 42.0 cm³/mol. The van der Waals surface area contributed by atoms with E-state index in [-0.39, 0.29) is 0 Å². The quantitative estimate of drug-likeness (QED) is 0.463. The van der Waals surface area contributed by atoms with Gasteiger partial charge in [0.15, 0.2) is 0 Å². The summed E-state index contributed by atoms with van der Waals surface area (Å²) >= 11 is 5.51. The minimum atomic E-state index is -1.97. The summed E-state index contributed by atoms with van der Waals surface area (Å²) in [4.78, 5) is 0. The van der Waals surface area contributed by atoms with Crippen molar-refractivity contribution >= 4 is 19.4 Å². The number of rotatable bonds is 2. The second-order valence-corrected chi connectivity index (χ2v) is 5.40. The molecule has 0 atom stereocenters. The fourth-order valence-electron chi connectivity index (χ4n) is 0.848. The Balaban J connectivity index is 2.32. The van der Waals surface area contributed by atoms with Crippen LogP contribution in [0, 0.1) is 0 Å². The summed E-state index contributed by atoms with van der Waals surface area (Å²) in [6.07, 6.45) is 0.800. The van der Waals surface area contributed by atoms with Crippen molar-refractivity contribution < 1.29 is 4.52 Å². The van der Waals surface area contributed by atoms with Crippen molar-refractivity contribution in [2.75, 3.05) is 25.2 Å². The zero-order valence-electron chi connectivity index (χ0n) is 5.19. The molecule has 0 aromatic carbocycles. The molecule has 0 amide bonds. The van der Waals surface area contributed by atoms with Gasteiger partial charge in [0.05, 0.1) is 0 Å². The Bertz CT molecular complexity index is 96.6. The van der Waals surface area contributed by atoms with E-state index in [9.17, 15) is 0 Å². The van der Waals surface area contributed by atoms with Crippen LogP contribution >= 0.6 is 19.4 Å². The van der Waals surface area contributed by atoms with Crippen LogP contribution in [0.1, 0.15) is 0 Å². The summed E-state index contributed by atoms with van der Waals surface area (Å²) in [5.41, 5.74) is 5.79. The summed E-state index contributed by atoms with van der Waals surface area (Å²) in [5.74, 6) is 0.593. The van der Waals surface area contributed by atoms with Crippen LogP contribution in [0.2, 0.25) is 0 Å². The van der Waals surface area contributed by atoms with E-state index in [1.165, 1.54) is 0 Å². The fraction of sp³-hybridized carbons (Fsp3) is 1.00. The molecule has 0 aromatic rings. The summed E-state index contributed by atoms with van der Waals surface area (Å²) < 4.78 is 5.30. The van der Waals surface area contributed by atoms with E-state index in [0.29, 0.717) is 5.88 Å². The molecule has 0 unspecified atom stereocenters. The Morgan fingerprint density at radius 1 is 1.78 bits per heavy atom. The Morgan fingerprint density at radius 2 is 2.56 bits per heavy atom. The van der Waals surface area contributed by atoms with Crippen LogP contribution in [0.5, 0.6) is 0 Å². The SMILES string of the molecule is N[PH]1(CCCl)NCCO1. The number of alkyl halides is 1. The Kier molecular flexibility index (Phi) is 2.68. The van der Waals surface area contributed by atoms with E-state index in [1.807, 2.05) is 0 Å². The Morgan fingerprint density at radius 3 is 3.00 bits per heavy atom. The summed E-state index contributed by atoms with van der Waals surface area (Å²) in [7, 11) is -1.97. The topological polar surface area (TPSA) is 47.3 Å². The van der Waals surface area contributed by atoms with Gasteiger partial charge in [0, 0.05) is 0 Å². The first kappa shape index (κ1) is 7.70. The summed E-state index contributed by atoms with van der Waals surface area (Å²) in [6.45, 7) is 1.64. The molecule has 1 aliphatic rings. The molecule has 0 aromatic heterocycles. The average Bonchev–Trinajstić information content (AvgIpc) is 2.16. The molecular formula is C4H12ClN2OP. The molecule has 56 valence electrons. The standard InChI is InChI=1S/C4H12ClN2OP/c5-1-4-9(6)7-2-3-8-9/h7,9H,1-4,6H2. The van der Waals surface area contributed by atoms with Crippen molar-refractivity contribution in [3.63, 3.8) is 0 Å². The van der Waals surface area contributed by atoms with E-state index in [4.69, 9.17) is 21.6 Å². The number of nitrogens with one attached hydrogen (secondary N) is 1. The van der Waals surface area contributed by atoms with Gasteiger partial charge in [-0.1, -0.05) is 0 Å². The minimum absolute atomic E-state index is 0.593. The first-order valence-electron chi connectivity index (χ1n) is 3.01. The van der Waals surface area contributed by atoms with E-state index in [1.54, 1.807) is 0 Å². The summed E-state index contributed by atoms with van der Waals surface area (Å²) in [5, 5.41) is 3.14. The third kappa shape index (κ3) is 2.03. The van der Waals surface area contributed by atoms with Crippen LogP contribution < -0.4 is 10.6 Å². The van der Waals surface area contributed by atoms with Crippen molar-refractivity contribution in [1.29, 1.82) is 0 Å². The van der Waals surface area contributed by atoms with Crippen molar-refractivity contribution in [2.45, 2.75) is 0 Å². The third-order valence-corrected chi connectivity index (χ3v) is 4.42. The third-order valence-electron chi connectivity index (χ3n) is 1.35. The maximum atomic E-state index is 5.79. The van der Waals surface area contributed by atoms with Gasteiger partial charge in [-0.2, -0.15) is 0 Å². The van der Waals surface area contributed by atoms with Crippen molar-refractivity contribution in [3.05, 3.63) is 0 Å². The second kappa shape index (κ2) is 3.13. The molecule has 5 heteroatoms. The molecule has 1 saturated heterocycles. The van der Waals surface area contributed by atoms with E-state index < -0.39 is 7.79 Å². The predicted octanol–water partition coefficient (Wildman–Crippen LogP) is 0.299. The molecule has 9 heavy (non-hydrogen) atoms. The molecule has 3 nitrogen and oxygen atoms in total. The van der Waals surface area contributed by atoms with Gasteiger partial charge in [-0.15, -0.1) is 0 Å². The van der Waals surface area contributed by atoms with Gasteiger partial charge >= 0.3 is 59.7 Å². The molecule has 0 radical (unpaired) electrons. The zero-order chi connectivity index (χ0) is 6.74. The number of nitrogens with two attached hydrogens (primary N) is 1. The van der Waals surface area contributed by atoms with Crippen LogP contribution in [0.4, 0.5) is 0 Å². The van der Waals surface area contributed by atoms with Crippen molar-refractivity contribution in [1.82, 2.24) is 5.09 Å². The van der Waals surface area contributed by atoms with E-state index in [0.717, 1.165) is 19.3 Å². The number of halogens is 1. The van der Waals surface area contributed by atoms with Crippen molar-refractivity contribution in [3.8, 4) is 0 Å². The maximum absolute atomic E-state index is 5.79. The van der Waals surface area contributed by atoms with Gasteiger partial charge in [0.2, 0.25) is 0 Å². The molecule has 0 bridgehead atoms. The Hall–Kier alpha value is 0.600. The van der Waals surface area contributed by atoms with Gasteiger partial charge in [-0.25, -0.2) is 0 Å². The first-order chi connectivity index (χ1) is 4.27. The first-order valence-corrected chi connectivity index (χ1v) is 5.73. The normalized spacial score (nSPS) is 28.2. The molecular weight excluding hydrogens is 158 g/mol. The molecule has 1 rings (SSSR count). The van der Waals surface area contributed by atoms with Crippen LogP contribution in [0.3, 0.4) is 0 Å². The molecule has 1 heterocycles. The molecule has 0 aliphatic carbocycles. The van der Waals surface area contributed by atoms with Gasteiger partial charge in [0.1, 0.15) is 0 Å². The fourth-order valence-corrected chi connectivity index (χ4v) is 3.39. The molecule has 3 N–H and O–H groups in total. The molecule has 1 aliphatic heterocycles. The van der Waals surface area contributed by atoms with Gasteiger partial charge in [-0.3, -0.25) is 0 Å². The summed E-state index contributed by atoms with van der Waals surface area (Å²) in [6, 6.07) is 0. The monoisotopic (exact) mass is 170 g/mol. The van der Waals surface area contributed by atoms with Gasteiger partial charge in [0.25, 0.3) is 0 Å². The van der Waals surface area contributed by atoms with Gasteiger partial charge in [-0.05, 0) is 0 Å². The van der Waals surface area contributed by atoms with Crippen LogP contribution in [0.25, 0.3) is 0 Å².